The third kappa shape index (κ3) is 3.69. The number of aromatic carboxylic acids is 1. The van der Waals surface area contributed by atoms with E-state index in [-0.39, 0.29) is 11.3 Å². The first kappa shape index (κ1) is 15.2. The van der Waals surface area contributed by atoms with Crippen molar-refractivity contribution in [3.05, 3.63) is 29.6 Å². The average Bonchev–Trinajstić information content (AvgIpc) is 2.39. The molecular weight excluding hydrogens is 279 g/mol. The second kappa shape index (κ2) is 5.69. The van der Waals surface area contributed by atoms with E-state index in [9.17, 15) is 14.0 Å². The summed E-state index contributed by atoms with van der Waals surface area (Å²) in [6, 6.07) is 2.79. The van der Waals surface area contributed by atoms with Crippen molar-refractivity contribution >= 4 is 17.7 Å². The number of nitrogens with one attached hydrogen (secondary N) is 1. The molecule has 2 amide bonds. The number of carboxylic acid groups (broad SMARTS) is 1. The van der Waals surface area contributed by atoms with Crippen LogP contribution in [0, 0.1) is 5.82 Å². The van der Waals surface area contributed by atoms with Gasteiger partial charge in [0.1, 0.15) is 5.82 Å². The largest absolute Gasteiger partial charge is 0.478 e. The third-order valence-electron chi connectivity index (χ3n) is 3.17. The van der Waals surface area contributed by atoms with Crippen LogP contribution in [0.3, 0.4) is 0 Å². The first-order chi connectivity index (χ1) is 9.78. The summed E-state index contributed by atoms with van der Waals surface area (Å²) in [6.07, 6.45) is 0. The van der Waals surface area contributed by atoms with Crippen molar-refractivity contribution in [3.8, 4) is 0 Å². The Labute approximate surface area is 121 Å². The minimum Gasteiger partial charge on any atom is -0.478 e. The first-order valence-electron chi connectivity index (χ1n) is 6.51. The summed E-state index contributed by atoms with van der Waals surface area (Å²) in [7, 11) is 0. The molecule has 1 aromatic rings. The van der Waals surface area contributed by atoms with E-state index in [1.54, 1.807) is 4.90 Å². The maximum atomic E-state index is 13.1. The standard InChI is InChI=1S/C14H17FN2O4/c1-14(2)8-17(5-6-21-14)13(20)16-11-4-3-9(15)7-10(11)12(18)19/h3-4,7H,5-6,8H2,1-2H3,(H,16,20)(H,18,19). The molecule has 1 fully saturated rings. The summed E-state index contributed by atoms with van der Waals surface area (Å²) >= 11 is 0. The van der Waals surface area contributed by atoms with Crippen LogP contribution in [0.4, 0.5) is 14.9 Å². The van der Waals surface area contributed by atoms with Crippen LogP contribution in [-0.2, 0) is 4.74 Å². The van der Waals surface area contributed by atoms with Crippen molar-refractivity contribution in [2.45, 2.75) is 19.4 Å². The van der Waals surface area contributed by atoms with Gasteiger partial charge in [-0.3, -0.25) is 0 Å². The van der Waals surface area contributed by atoms with Gasteiger partial charge in [0.2, 0.25) is 0 Å². The Hall–Kier alpha value is -2.15. The smallest absolute Gasteiger partial charge is 0.337 e. The monoisotopic (exact) mass is 296 g/mol. The van der Waals surface area contributed by atoms with Gasteiger partial charge in [-0.25, -0.2) is 14.0 Å². The van der Waals surface area contributed by atoms with Crippen LogP contribution in [0.5, 0.6) is 0 Å². The first-order valence-corrected chi connectivity index (χ1v) is 6.51. The summed E-state index contributed by atoms with van der Waals surface area (Å²) in [5.74, 6) is -1.97. The number of hydrogen-bond acceptors (Lipinski definition) is 3. The Morgan fingerprint density at radius 2 is 2.14 bits per heavy atom. The van der Waals surface area contributed by atoms with Gasteiger partial charge in [0.25, 0.3) is 0 Å². The lowest BCUT2D eigenvalue weighted by molar-refractivity contribution is -0.0720. The summed E-state index contributed by atoms with van der Waals surface area (Å²) in [5, 5.41) is 11.6. The molecule has 1 aromatic carbocycles. The fourth-order valence-corrected chi connectivity index (χ4v) is 2.19. The van der Waals surface area contributed by atoms with Gasteiger partial charge in [0.15, 0.2) is 0 Å². The predicted octanol–water partition coefficient (Wildman–Crippen LogP) is 2.17. The molecule has 114 valence electrons. The molecular formula is C14H17FN2O4. The molecule has 21 heavy (non-hydrogen) atoms. The van der Waals surface area contributed by atoms with Gasteiger partial charge < -0.3 is 20.1 Å². The molecule has 0 radical (unpaired) electrons. The number of carbonyl (C=O) groups excluding carboxylic acids is 1. The molecule has 6 nitrogen and oxygen atoms in total. The highest BCUT2D eigenvalue weighted by molar-refractivity contribution is 6.00. The molecule has 1 saturated heterocycles. The minimum atomic E-state index is -1.30. The molecule has 2 rings (SSSR count). The number of urea groups is 1. The van der Waals surface area contributed by atoms with Crippen LogP contribution in [0.1, 0.15) is 24.2 Å². The molecule has 0 bridgehead atoms. The Bertz CT molecular complexity index is 574. The van der Waals surface area contributed by atoms with E-state index >= 15 is 0 Å². The van der Waals surface area contributed by atoms with Crippen molar-refractivity contribution < 1.29 is 23.8 Å². The van der Waals surface area contributed by atoms with Crippen LogP contribution in [0.2, 0.25) is 0 Å². The Morgan fingerprint density at radius 1 is 1.43 bits per heavy atom. The van der Waals surface area contributed by atoms with Crippen LogP contribution in [0.15, 0.2) is 18.2 Å². The zero-order valence-corrected chi connectivity index (χ0v) is 11.9. The summed E-state index contributed by atoms with van der Waals surface area (Å²) < 4.78 is 18.6. The molecule has 2 N–H and O–H groups in total. The highest BCUT2D eigenvalue weighted by Gasteiger charge is 2.30. The van der Waals surface area contributed by atoms with Crippen molar-refractivity contribution in [2.75, 3.05) is 25.0 Å². The molecule has 1 heterocycles. The predicted molar refractivity (Wildman–Crippen MR) is 74.0 cm³/mol. The maximum Gasteiger partial charge on any atom is 0.337 e. The number of hydrogen-bond donors (Lipinski definition) is 2. The summed E-state index contributed by atoms with van der Waals surface area (Å²) in [4.78, 5) is 24.8. The van der Waals surface area contributed by atoms with Crippen LogP contribution < -0.4 is 5.32 Å². The number of carbonyl (C=O) groups is 2. The number of benzene rings is 1. The van der Waals surface area contributed by atoms with Gasteiger partial charge in [-0.05, 0) is 32.0 Å². The molecule has 0 spiro atoms. The maximum absolute atomic E-state index is 13.1. The van der Waals surface area contributed by atoms with Gasteiger partial charge in [-0.15, -0.1) is 0 Å². The Kier molecular flexibility index (Phi) is 4.13. The fourth-order valence-electron chi connectivity index (χ4n) is 2.19. The molecule has 7 heteroatoms. The number of anilines is 1. The van der Waals surface area contributed by atoms with Crippen LogP contribution in [-0.4, -0.2) is 47.3 Å². The van der Waals surface area contributed by atoms with Crippen LogP contribution >= 0.6 is 0 Å². The molecule has 1 aliphatic rings. The normalized spacial score (nSPS) is 17.4. The molecule has 0 saturated carbocycles. The molecule has 0 atom stereocenters. The van der Waals surface area contributed by atoms with E-state index in [1.807, 2.05) is 13.8 Å². The number of carboxylic acids is 1. The van der Waals surface area contributed by atoms with E-state index < -0.39 is 23.4 Å². The second-order valence-corrected chi connectivity index (χ2v) is 5.45. The highest BCUT2D eigenvalue weighted by Crippen LogP contribution is 2.20. The van der Waals surface area contributed by atoms with E-state index in [4.69, 9.17) is 9.84 Å². The SMILES string of the molecule is CC1(C)CN(C(=O)Nc2ccc(F)cc2C(=O)O)CCO1. The number of ether oxygens (including phenoxy) is 1. The van der Waals surface area contributed by atoms with Gasteiger partial charge in [-0.2, -0.15) is 0 Å². The summed E-state index contributed by atoms with van der Waals surface area (Å²) in [6.45, 7) is 4.96. The third-order valence-corrected chi connectivity index (χ3v) is 3.17. The topological polar surface area (TPSA) is 78.9 Å². The van der Waals surface area contributed by atoms with Gasteiger partial charge in [-0.1, -0.05) is 0 Å². The lowest BCUT2D eigenvalue weighted by Crippen LogP contribution is -2.51. The Morgan fingerprint density at radius 3 is 2.76 bits per heavy atom. The van der Waals surface area contributed by atoms with E-state index in [0.29, 0.717) is 19.7 Å². The van der Waals surface area contributed by atoms with E-state index in [1.165, 1.54) is 6.07 Å². The number of morpholine rings is 1. The van der Waals surface area contributed by atoms with Gasteiger partial charge in [0.05, 0.1) is 30.0 Å². The molecule has 0 unspecified atom stereocenters. The number of nitrogens with zero attached hydrogens (tertiary/aromatic N) is 1. The van der Waals surface area contributed by atoms with Crippen molar-refractivity contribution in [1.82, 2.24) is 4.90 Å². The van der Waals surface area contributed by atoms with Crippen molar-refractivity contribution in [1.29, 1.82) is 0 Å². The van der Waals surface area contributed by atoms with E-state index in [0.717, 1.165) is 12.1 Å². The minimum absolute atomic E-state index is 0.0678. The molecule has 0 aliphatic carbocycles. The lowest BCUT2D eigenvalue weighted by Gasteiger charge is -2.38. The van der Waals surface area contributed by atoms with E-state index in [2.05, 4.69) is 5.32 Å². The fraction of sp³-hybridized carbons (Fsp3) is 0.429. The van der Waals surface area contributed by atoms with Crippen molar-refractivity contribution in [3.63, 3.8) is 0 Å². The highest BCUT2D eigenvalue weighted by atomic mass is 19.1. The molecule has 0 aromatic heterocycles. The zero-order valence-electron chi connectivity index (χ0n) is 11.9. The van der Waals surface area contributed by atoms with Gasteiger partial charge in [0, 0.05) is 6.54 Å². The van der Waals surface area contributed by atoms with Crippen LogP contribution in [0.25, 0.3) is 0 Å². The quantitative estimate of drug-likeness (QED) is 0.876. The second-order valence-electron chi connectivity index (χ2n) is 5.45. The zero-order chi connectivity index (χ0) is 15.6. The summed E-state index contributed by atoms with van der Waals surface area (Å²) in [5.41, 5.74) is -0.664. The Balaban J connectivity index is 2.14. The average molecular weight is 296 g/mol. The number of amides is 2. The molecule has 1 aliphatic heterocycles. The van der Waals surface area contributed by atoms with Crippen molar-refractivity contribution in [2.24, 2.45) is 0 Å². The number of halogens is 1. The van der Waals surface area contributed by atoms with Gasteiger partial charge >= 0.3 is 12.0 Å². The lowest BCUT2D eigenvalue weighted by atomic mass is 10.1. The number of rotatable bonds is 2.